The van der Waals surface area contributed by atoms with Crippen LogP contribution in [0.1, 0.15) is 58.4 Å². The average molecular weight is 306 g/mol. The Labute approximate surface area is 132 Å². The molecule has 1 fully saturated rings. The van der Waals surface area contributed by atoms with Crippen molar-refractivity contribution < 1.29 is 14.6 Å². The highest BCUT2D eigenvalue weighted by Gasteiger charge is 2.33. The van der Waals surface area contributed by atoms with Crippen molar-refractivity contribution >= 4 is 5.91 Å². The number of carbonyl (C=O) groups is 1. The zero-order valence-electron chi connectivity index (χ0n) is 13.7. The van der Waals surface area contributed by atoms with E-state index in [0.717, 1.165) is 31.2 Å². The second-order valence-corrected chi connectivity index (χ2v) is 7.10. The summed E-state index contributed by atoms with van der Waals surface area (Å²) in [6, 6.07) is 3.68. The van der Waals surface area contributed by atoms with Gasteiger partial charge in [-0.25, -0.2) is 4.98 Å². The van der Waals surface area contributed by atoms with E-state index < -0.39 is 5.60 Å². The van der Waals surface area contributed by atoms with Crippen molar-refractivity contribution in [2.24, 2.45) is 0 Å². The molecule has 5 nitrogen and oxygen atoms in total. The van der Waals surface area contributed by atoms with E-state index >= 15 is 0 Å². The van der Waals surface area contributed by atoms with Crippen LogP contribution in [-0.4, -0.2) is 27.2 Å². The molecule has 1 amide bonds. The maximum absolute atomic E-state index is 12.0. The van der Waals surface area contributed by atoms with E-state index in [0.29, 0.717) is 12.4 Å². The van der Waals surface area contributed by atoms with Gasteiger partial charge < -0.3 is 15.2 Å². The molecule has 1 saturated carbocycles. The van der Waals surface area contributed by atoms with Crippen LogP contribution in [0.2, 0.25) is 0 Å². The number of hydrogen-bond donors (Lipinski definition) is 2. The minimum atomic E-state index is -0.803. The average Bonchev–Trinajstić information content (AvgIpc) is 2.81. The van der Waals surface area contributed by atoms with Crippen LogP contribution in [0.25, 0.3) is 0 Å². The molecule has 0 aromatic carbocycles. The fourth-order valence-electron chi connectivity index (χ4n) is 2.70. The Hall–Kier alpha value is -1.62. The van der Waals surface area contributed by atoms with Crippen LogP contribution < -0.4 is 10.1 Å². The van der Waals surface area contributed by atoms with Crippen LogP contribution in [0.3, 0.4) is 0 Å². The predicted octanol–water partition coefficient (Wildman–Crippen LogP) is 2.57. The Balaban J connectivity index is 1.86. The molecule has 0 bridgehead atoms. The second kappa shape index (κ2) is 6.65. The van der Waals surface area contributed by atoms with E-state index in [1.54, 1.807) is 6.20 Å². The Bertz CT molecular complexity index is 517. The van der Waals surface area contributed by atoms with Gasteiger partial charge in [0.15, 0.2) is 0 Å². The third-order valence-electron chi connectivity index (χ3n) is 3.72. The van der Waals surface area contributed by atoms with E-state index in [9.17, 15) is 9.90 Å². The lowest BCUT2D eigenvalue weighted by Crippen LogP contribution is -2.34. The summed E-state index contributed by atoms with van der Waals surface area (Å²) in [6.45, 7) is 6.31. The number of amides is 1. The summed E-state index contributed by atoms with van der Waals surface area (Å²) in [5.41, 5.74) is -0.176. The Kier molecular flexibility index (Phi) is 5.06. The molecule has 0 saturated heterocycles. The molecule has 0 aliphatic heterocycles. The van der Waals surface area contributed by atoms with Crippen LogP contribution in [-0.2, 0) is 11.3 Å². The molecule has 0 atom stereocenters. The van der Waals surface area contributed by atoms with Crippen molar-refractivity contribution in [2.75, 3.05) is 0 Å². The molecule has 1 aliphatic rings. The van der Waals surface area contributed by atoms with Gasteiger partial charge >= 0.3 is 0 Å². The number of pyridine rings is 1. The minimum absolute atomic E-state index is 0.112. The minimum Gasteiger partial charge on any atom is -0.472 e. The predicted molar refractivity (Wildman–Crippen MR) is 84.5 cm³/mol. The summed E-state index contributed by atoms with van der Waals surface area (Å²) in [4.78, 5) is 16.1. The molecule has 5 heteroatoms. The van der Waals surface area contributed by atoms with Gasteiger partial charge in [-0.1, -0.05) is 12.8 Å². The molecule has 1 aromatic rings. The lowest BCUT2D eigenvalue weighted by atomic mass is 9.98. The number of rotatable bonds is 5. The third-order valence-corrected chi connectivity index (χ3v) is 3.72. The lowest BCUT2D eigenvalue weighted by molar-refractivity contribution is -0.126. The smallest absolute Gasteiger partial charge is 0.223 e. The number of ether oxygens (including phenoxy) is 1. The van der Waals surface area contributed by atoms with E-state index in [2.05, 4.69) is 10.3 Å². The molecule has 2 rings (SSSR count). The third kappa shape index (κ3) is 5.30. The SMILES string of the molecule is CC(C)(C)Oc1cc(CNC(=O)CC2(O)CCCC2)ccn1. The summed E-state index contributed by atoms with van der Waals surface area (Å²) in [7, 11) is 0. The van der Waals surface area contributed by atoms with E-state index in [-0.39, 0.29) is 17.9 Å². The first kappa shape index (κ1) is 16.7. The first-order chi connectivity index (χ1) is 10.3. The molecular weight excluding hydrogens is 280 g/mol. The van der Waals surface area contributed by atoms with Crippen LogP contribution in [0.5, 0.6) is 5.88 Å². The van der Waals surface area contributed by atoms with E-state index in [1.807, 2.05) is 32.9 Å². The molecule has 0 radical (unpaired) electrons. The van der Waals surface area contributed by atoms with E-state index in [4.69, 9.17) is 4.74 Å². The standard InChI is InChI=1S/C17H26N2O3/c1-16(2,3)22-15-10-13(6-9-18-15)12-19-14(20)11-17(21)7-4-5-8-17/h6,9-10,21H,4-5,7-8,11-12H2,1-3H3,(H,19,20). The molecule has 2 N–H and O–H groups in total. The summed E-state index contributed by atoms with van der Waals surface area (Å²) >= 11 is 0. The quantitative estimate of drug-likeness (QED) is 0.877. The molecule has 22 heavy (non-hydrogen) atoms. The molecule has 0 spiro atoms. The zero-order valence-corrected chi connectivity index (χ0v) is 13.7. The van der Waals surface area contributed by atoms with Gasteiger partial charge in [-0.3, -0.25) is 4.79 Å². The molecule has 1 aromatic heterocycles. The van der Waals surface area contributed by atoms with Crippen LogP contribution >= 0.6 is 0 Å². The fourth-order valence-corrected chi connectivity index (χ4v) is 2.70. The van der Waals surface area contributed by atoms with Gasteiger partial charge in [0.25, 0.3) is 0 Å². The maximum atomic E-state index is 12.0. The molecule has 1 aliphatic carbocycles. The van der Waals surface area contributed by atoms with Crippen molar-refractivity contribution in [3.05, 3.63) is 23.9 Å². The molecule has 0 unspecified atom stereocenters. The molecule has 122 valence electrons. The number of aliphatic hydroxyl groups is 1. The Morgan fingerprint density at radius 1 is 1.41 bits per heavy atom. The van der Waals surface area contributed by atoms with Gasteiger partial charge in [0.1, 0.15) is 5.60 Å². The monoisotopic (exact) mass is 306 g/mol. The van der Waals surface area contributed by atoms with Gasteiger partial charge in [0, 0.05) is 18.8 Å². The van der Waals surface area contributed by atoms with Gasteiger partial charge in [0.05, 0.1) is 12.0 Å². The fraction of sp³-hybridized carbons (Fsp3) is 0.647. The zero-order chi connectivity index (χ0) is 16.2. The number of nitrogens with zero attached hydrogens (tertiary/aromatic N) is 1. The highest BCUT2D eigenvalue weighted by Crippen LogP contribution is 2.32. The first-order valence-electron chi connectivity index (χ1n) is 7.89. The van der Waals surface area contributed by atoms with Crippen molar-refractivity contribution in [3.63, 3.8) is 0 Å². The van der Waals surface area contributed by atoms with Gasteiger partial charge in [0.2, 0.25) is 11.8 Å². The summed E-state index contributed by atoms with van der Waals surface area (Å²) in [6.07, 6.45) is 5.30. The lowest BCUT2D eigenvalue weighted by Gasteiger charge is -2.21. The number of nitrogens with one attached hydrogen (secondary N) is 1. The second-order valence-electron chi connectivity index (χ2n) is 7.10. The normalized spacial score (nSPS) is 17.3. The highest BCUT2D eigenvalue weighted by atomic mass is 16.5. The Morgan fingerprint density at radius 3 is 2.73 bits per heavy atom. The van der Waals surface area contributed by atoms with Crippen LogP contribution in [0.4, 0.5) is 0 Å². The van der Waals surface area contributed by atoms with Gasteiger partial charge in [-0.15, -0.1) is 0 Å². The topological polar surface area (TPSA) is 71.5 Å². The van der Waals surface area contributed by atoms with Crippen molar-refractivity contribution in [1.82, 2.24) is 10.3 Å². The maximum Gasteiger partial charge on any atom is 0.223 e. The molecular formula is C17H26N2O3. The first-order valence-corrected chi connectivity index (χ1v) is 7.89. The largest absolute Gasteiger partial charge is 0.472 e. The summed E-state index contributed by atoms with van der Waals surface area (Å²) in [5.74, 6) is 0.438. The Morgan fingerprint density at radius 2 is 2.09 bits per heavy atom. The highest BCUT2D eigenvalue weighted by molar-refractivity contribution is 5.77. The van der Waals surface area contributed by atoms with Crippen LogP contribution in [0, 0.1) is 0 Å². The summed E-state index contributed by atoms with van der Waals surface area (Å²) < 4.78 is 5.71. The number of hydrogen-bond acceptors (Lipinski definition) is 4. The van der Waals surface area contributed by atoms with Gasteiger partial charge in [-0.2, -0.15) is 0 Å². The van der Waals surface area contributed by atoms with E-state index in [1.165, 1.54) is 0 Å². The summed E-state index contributed by atoms with van der Waals surface area (Å²) in [5, 5.41) is 13.1. The van der Waals surface area contributed by atoms with Crippen molar-refractivity contribution in [3.8, 4) is 5.88 Å². The van der Waals surface area contributed by atoms with Gasteiger partial charge in [-0.05, 0) is 45.2 Å². The van der Waals surface area contributed by atoms with Crippen LogP contribution in [0.15, 0.2) is 18.3 Å². The molecule has 1 heterocycles. The number of aromatic nitrogens is 1. The van der Waals surface area contributed by atoms with Crippen molar-refractivity contribution in [1.29, 1.82) is 0 Å². The number of carbonyl (C=O) groups excluding carboxylic acids is 1. The van der Waals surface area contributed by atoms with Crippen molar-refractivity contribution in [2.45, 2.75) is 70.6 Å².